The zero-order valence-electron chi connectivity index (χ0n) is 11.7. The molecule has 19 heavy (non-hydrogen) atoms. The Kier molecular flexibility index (Phi) is 3.29. The first-order chi connectivity index (χ1) is 9.24. The number of anilines is 1. The van der Waals surface area contributed by atoms with Crippen molar-refractivity contribution in [1.82, 2.24) is 0 Å². The maximum Gasteiger partial charge on any atom is 0.0519 e. The lowest BCUT2D eigenvalue weighted by molar-refractivity contribution is 0.762. The van der Waals surface area contributed by atoms with Crippen LogP contribution < -0.4 is 5.32 Å². The molecule has 0 saturated carbocycles. The molecule has 1 aliphatic carbocycles. The van der Waals surface area contributed by atoms with Gasteiger partial charge in [-0.1, -0.05) is 50.2 Å². The number of aryl methyl sites for hydroxylation is 1. The van der Waals surface area contributed by atoms with Gasteiger partial charge in [0.25, 0.3) is 0 Å². The molecule has 1 atom stereocenters. The fraction of sp³-hybridized carbons (Fsp3) is 0.333. The Morgan fingerprint density at radius 3 is 2.47 bits per heavy atom. The van der Waals surface area contributed by atoms with E-state index in [1.807, 2.05) is 0 Å². The molecular formula is C18H21N. The van der Waals surface area contributed by atoms with Gasteiger partial charge in [-0.3, -0.25) is 0 Å². The van der Waals surface area contributed by atoms with Gasteiger partial charge in [0, 0.05) is 5.69 Å². The summed E-state index contributed by atoms with van der Waals surface area (Å²) < 4.78 is 0. The molecule has 1 unspecified atom stereocenters. The van der Waals surface area contributed by atoms with Crippen LogP contribution in [0.3, 0.4) is 0 Å². The van der Waals surface area contributed by atoms with Gasteiger partial charge in [0.2, 0.25) is 0 Å². The standard InChI is InChI=1S/C18H21N/c1-13(2)14-7-10-16(11-8-14)19-18-12-9-15-5-3-4-6-17(15)18/h3-8,10-11,13,18-19H,9,12H2,1-2H3. The topological polar surface area (TPSA) is 12.0 Å². The van der Waals surface area contributed by atoms with Crippen molar-refractivity contribution in [2.45, 2.75) is 38.6 Å². The van der Waals surface area contributed by atoms with Crippen LogP contribution in [0.25, 0.3) is 0 Å². The summed E-state index contributed by atoms with van der Waals surface area (Å²) in [6.45, 7) is 4.46. The molecule has 3 rings (SSSR count). The zero-order chi connectivity index (χ0) is 13.2. The van der Waals surface area contributed by atoms with Gasteiger partial charge >= 0.3 is 0 Å². The monoisotopic (exact) mass is 251 g/mol. The quantitative estimate of drug-likeness (QED) is 0.817. The summed E-state index contributed by atoms with van der Waals surface area (Å²) in [6.07, 6.45) is 2.39. The highest BCUT2D eigenvalue weighted by atomic mass is 14.9. The largest absolute Gasteiger partial charge is 0.378 e. The molecule has 0 amide bonds. The summed E-state index contributed by atoms with van der Waals surface area (Å²) in [5, 5.41) is 3.66. The zero-order valence-corrected chi connectivity index (χ0v) is 11.7. The maximum absolute atomic E-state index is 3.66. The summed E-state index contributed by atoms with van der Waals surface area (Å²) in [7, 11) is 0. The fourth-order valence-electron chi connectivity index (χ4n) is 2.87. The van der Waals surface area contributed by atoms with E-state index in [9.17, 15) is 0 Å². The molecule has 2 aromatic rings. The highest BCUT2D eigenvalue weighted by molar-refractivity contribution is 5.49. The molecule has 0 fully saturated rings. The Bertz CT molecular complexity index is 554. The van der Waals surface area contributed by atoms with E-state index in [1.54, 1.807) is 0 Å². The molecule has 98 valence electrons. The first kappa shape index (κ1) is 12.3. The Hall–Kier alpha value is -1.76. The van der Waals surface area contributed by atoms with Gasteiger partial charge in [-0.25, -0.2) is 0 Å². The molecule has 1 aliphatic rings. The predicted octanol–water partition coefficient (Wildman–Crippen LogP) is 4.91. The molecule has 0 heterocycles. The van der Waals surface area contributed by atoms with Gasteiger partial charge < -0.3 is 5.32 Å². The predicted molar refractivity (Wildman–Crippen MR) is 81.7 cm³/mol. The van der Waals surface area contributed by atoms with Gasteiger partial charge in [-0.2, -0.15) is 0 Å². The van der Waals surface area contributed by atoms with Crippen LogP contribution >= 0.6 is 0 Å². The number of rotatable bonds is 3. The molecule has 0 aromatic heterocycles. The maximum atomic E-state index is 3.66. The average Bonchev–Trinajstić information content (AvgIpc) is 2.83. The Balaban J connectivity index is 1.76. The summed E-state index contributed by atoms with van der Waals surface area (Å²) in [4.78, 5) is 0. The highest BCUT2D eigenvalue weighted by Gasteiger charge is 2.21. The Morgan fingerprint density at radius 1 is 1.00 bits per heavy atom. The summed E-state index contributed by atoms with van der Waals surface area (Å²) in [5.41, 5.74) is 5.60. The third-order valence-electron chi connectivity index (χ3n) is 4.05. The number of benzene rings is 2. The molecule has 0 aliphatic heterocycles. The number of nitrogens with one attached hydrogen (secondary N) is 1. The smallest absolute Gasteiger partial charge is 0.0519 e. The van der Waals surface area contributed by atoms with E-state index in [2.05, 4.69) is 67.7 Å². The molecule has 1 N–H and O–H groups in total. The minimum atomic E-state index is 0.473. The average molecular weight is 251 g/mol. The lowest BCUT2D eigenvalue weighted by Crippen LogP contribution is -2.06. The lowest BCUT2D eigenvalue weighted by Gasteiger charge is -2.16. The second kappa shape index (κ2) is 5.08. The third kappa shape index (κ3) is 2.51. The minimum Gasteiger partial charge on any atom is -0.378 e. The summed E-state index contributed by atoms with van der Waals surface area (Å²) >= 11 is 0. The van der Waals surface area contributed by atoms with Gasteiger partial charge in [0.1, 0.15) is 0 Å². The van der Waals surface area contributed by atoms with E-state index in [0.717, 1.165) is 0 Å². The Morgan fingerprint density at radius 2 is 1.74 bits per heavy atom. The van der Waals surface area contributed by atoms with Crippen molar-refractivity contribution in [3.8, 4) is 0 Å². The second-order valence-electron chi connectivity index (χ2n) is 5.71. The normalized spacial score (nSPS) is 17.5. The summed E-state index contributed by atoms with van der Waals surface area (Å²) in [5.74, 6) is 0.598. The van der Waals surface area contributed by atoms with Crippen LogP contribution in [0.5, 0.6) is 0 Å². The molecule has 2 aromatic carbocycles. The van der Waals surface area contributed by atoms with Crippen molar-refractivity contribution in [3.63, 3.8) is 0 Å². The van der Waals surface area contributed by atoms with Gasteiger partial charge in [0.15, 0.2) is 0 Å². The Labute approximate surface area is 115 Å². The number of hydrogen-bond acceptors (Lipinski definition) is 1. The minimum absolute atomic E-state index is 0.473. The van der Waals surface area contributed by atoms with E-state index in [0.29, 0.717) is 12.0 Å². The number of hydrogen-bond donors (Lipinski definition) is 1. The lowest BCUT2D eigenvalue weighted by atomic mass is 10.0. The van der Waals surface area contributed by atoms with Gasteiger partial charge in [0.05, 0.1) is 6.04 Å². The van der Waals surface area contributed by atoms with Crippen LogP contribution in [-0.4, -0.2) is 0 Å². The van der Waals surface area contributed by atoms with E-state index in [4.69, 9.17) is 0 Å². The number of fused-ring (bicyclic) bond motifs is 1. The van der Waals surface area contributed by atoms with Crippen LogP contribution in [0.15, 0.2) is 48.5 Å². The van der Waals surface area contributed by atoms with Crippen LogP contribution in [0, 0.1) is 0 Å². The second-order valence-corrected chi connectivity index (χ2v) is 5.71. The molecule has 0 radical (unpaired) electrons. The van der Waals surface area contributed by atoms with E-state index < -0.39 is 0 Å². The third-order valence-corrected chi connectivity index (χ3v) is 4.05. The van der Waals surface area contributed by atoms with Crippen molar-refractivity contribution in [2.75, 3.05) is 5.32 Å². The van der Waals surface area contributed by atoms with Crippen molar-refractivity contribution in [3.05, 3.63) is 65.2 Å². The molecular weight excluding hydrogens is 230 g/mol. The molecule has 0 bridgehead atoms. The summed E-state index contributed by atoms with van der Waals surface area (Å²) in [6, 6.07) is 18.1. The fourth-order valence-corrected chi connectivity index (χ4v) is 2.87. The van der Waals surface area contributed by atoms with Crippen molar-refractivity contribution >= 4 is 5.69 Å². The van der Waals surface area contributed by atoms with Crippen LogP contribution in [0.4, 0.5) is 5.69 Å². The van der Waals surface area contributed by atoms with Crippen LogP contribution in [-0.2, 0) is 6.42 Å². The highest BCUT2D eigenvalue weighted by Crippen LogP contribution is 2.33. The van der Waals surface area contributed by atoms with Gasteiger partial charge in [-0.15, -0.1) is 0 Å². The molecule has 1 heteroatoms. The van der Waals surface area contributed by atoms with Crippen LogP contribution in [0.2, 0.25) is 0 Å². The van der Waals surface area contributed by atoms with Crippen molar-refractivity contribution in [2.24, 2.45) is 0 Å². The molecule has 1 nitrogen and oxygen atoms in total. The van der Waals surface area contributed by atoms with Gasteiger partial charge in [-0.05, 0) is 47.6 Å². The van der Waals surface area contributed by atoms with E-state index in [1.165, 1.54) is 35.2 Å². The van der Waals surface area contributed by atoms with Crippen molar-refractivity contribution in [1.29, 1.82) is 0 Å². The first-order valence-corrected chi connectivity index (χ1v) is 7.18. The molecule has 0 saturated heterocycles. The van der Waals surface area contributed by atoms with Crippen molar-refractivity contribution < 1.29 is 0 Å². The molecule has 0 spiro atoms. The van der Waals surface area contributed by atoms with Crippen LogP contribution in [0.1, 0.15) is 48.9 Å². The van der Waals surface area contributed by atoms with E-state index >= 15 is 0 Å². The SMILES string of the molecule is CC(C)c1ccc(NC2CCc3ccccc32)cc1. The first-order valence-electron chi connectivity index (χ1n) is 7.18. The van der Waals surface area contributed by atoms with E-state index in [-0.39, 0.29) is 0 Å².